The zero-order valence-electron chi connectivity index (χ0n) is 17.1. The number of para-hydroxylation sites is 1. The molecule has 0 aliphatic carbocycles. The summed E-state index contributed by atoms with van der Waals surface area (Å²) in [5, 5.41) is 7.81. The zero-order chi connectivity index (χ0) is 21.8. The lowest BCUT2D eigenvalue weighted by atomic mass is 10.1. The van der Waals surface area contributed by atoms with Crippen LogP contribution in [0.1, 0.15) is 17.3 Å². The van der Waals surface area contributed by atoms with Gasteiger partial charge in [-0.3, -0.25) is 14.5 Å². The third kappa shape index (κ3) is 4.69. The van der Waals surface area contributed by atoms with Crippen molar-refractivity contribution in [1.82, 2.24) is 20.0 Å². The number of benzene rings is 2. The highest BCUT2D eigenvalue weighted by Gasteiger charge is 2.23. The van der Waals surface area contributed by atoms with Crippen molar-refractivity contribution in [1.29, 1.82) is 0 Å². The van der Waals surface area contributed by atoms with E-state index in [1.54, 1.807) is 24.3 Å². The lowest BCUT2D eigenvalue weighted by molar-refractivity contribution is 0.0133. The van der Waals surface area contributed by atoms with Gasteiger partial charge in [0.25, 0.3) is 11.5 Å². The van der Waals surface area contributed by atoms with Crippen LogP contribution in [0.3, 0.4) is 0 Å². The quantitative estimate of drug-likeness (QED) is 0.662. The lowest BCUT2D eigenvalue weighted by Crippen LogP contribution is -2.51. The van der Waals surface area contributed by atoms with E-state index in [-0.39, 0.29) is 11.7 Å². The van der Waals surface area contributed by atoms with Crippen LogP contribution in [0, 0.1) is 0 Å². The van der Waals surface area contributed by atoms with Crippen LogP contribution in [0.15, 0.2) is 65.5 Å². The SMILES string of the molecule is CC(NC(=O)c1cc(-c2ccccc2)nn(-c2ccccc2Cl)c1=O)N1CCOCC1. The Balaban J connectivity index is 1.76. The van der Waals surface area contributed by atoms with Gasteiger partial charge in [-0.1, -0.05) is 54.1 Å². The van der Waals surface area contributed by atoms with E-state index in [0.717, 1.165) is 18.7 Å². The first-order valence-electron chi connectivity index (χ1n) is 10.1. The molecule has 0 spiro atoms. The second-order valence-electron chi connectivity index (χ2n) is 7.28. The number of nitrogens with zero attached hydrogens (tertiary/aromatic N) is 3. The van der Waals surface area contributed by atoms with E-state index in [2.05, 4.69) is 15.3 Å². The van der Waals surface area contributed by atoms with Gasteiger partial charge in [0.05, 0.1) is 35.8 Å². The summed E-state index contributed by atoms with van der Waals surface area (Å²) >= 11 is 6.33. The minimum absolute atomic E-state index is 0.00822. The number of amides is 1. The molecule has 1 saturated heterocycles. The summed E-state index contributed by atoms with van der Waals surface area (Å²) < 4.78 is 6.56. The predicted molar refractivity (Wildman–Crippen MR) is 120 cm³/mol. The zero-order valence-corrected chi connectivity index (χ0v) is 17.9. The highest BCUT2D eigenvalue weighted by molar-refractivity contribution is 6.32. The number of halogens is 1. The number of aromatic nitrogens is 2. The number of rotatable bonds is 5. The molecule has 160 valence electrons. The van der Waals surface area contributed by atoms with E-state index in [1.807, 2.05) is 37.3 Å². The van der Waals surface area contributed by atoms with Gasteiger partial charge in [0.1, 0.15) is 5.56 Å². The molecular weight excluding hydrogens is 416 g/mol. The van der Waals surface area contributed by atoms with Gasteiger partial charge in [-0.2, -0.15) is 9.78 Å². The Labute approximate surface area is 185 Å². The molecule has 7 nitrogen and oxygen atoms in total. The Bertz CT molecular complexity index is 1130. The first-order valence-corrected chi connectivity index (χ1v) is 10.5. The topological polar surface area (TPSA) is 76.5 Å². The maximum absolute atomic E-state index is 13.3. The number of hydrogen-bond donors (Lipinski definition) is 1. The molecule has 1 amide bonds. The van der Waals surface area contributed by atoms with Gasteiger partial charge in [-0.05, 0) is 25.1 Å². The minimum atomic E-state index is -0.528. The molecule has 4 rings (SSSR count). The monoisotopic (exact) mass is 438 g/mol. The van der Waals surface area contributed by atoms with Gasteiger partial charge in [0.15, 0.2) is 0 Å². The fourth-order valence-corrected chi connectivity index (χ4v) is 3.73. The number of ether oxygens (including phenoxy) is 1. The average molecular weight is 439 g/mol. The lowest BCUT2D eigenvalue weighted by Gasteiger charge is -2.32. The summed E-state index contributed by atoms with van der Waals surface area (Å²) in [5.41, 5.74) is 1.19. The van der Waals surface area contributed by atoms with E-state index in [4.69, 9.17) is 16.3 Å². The summed E-state index contributed by atoms with van der Waals surface area (Å²) in [6.07, 6.45) is -0.238. The highest BCUT2D eigenvalue weighted by Crippen LogP contribution is 2.21. The molecule has 0 saturated carbocycles. The Kier molecular flexibility index (Phi) is 6.46. The molecule has 31 heavy (non-hydrogen) atoms. The van der Waals surface area contributed by atoms with Crippen molar-refractivity contribution in [3.05, 3.63) is 81.6 Å². The van der Waals surface area contributed by atoms with Crippen molar-refractivity contribution >= 4 is 17.5 Å². The highest BCUT2D eigenvalue weighted by atomic mass is 35.5. The molecule has 0 bridgehead atoms. The molecular formula is C23H23ClN4O3. The molecule has 2 aromatic carbocycles. The Morgan fingerprint density at radius 2 is 1.77 bits per heavy atom. The minimum Gasteiger partial charge on any atom is -0.379 e. The fraction of sp³-hybridized carbons (Fsp3) is 0.261. The standard InChI is InChI=1S/C23H23ClN4O3/c1-16(27-11-13-31-14-12-27)25-22(29)18-15-20(17-7-3-2-4-8-17)26-28(23(18)30)21-10-6-5-9-19(21)24/h2-10,15-16H,11-14H2,1H3,(H,25,29). The van der Waals surface area contributed by atoms with E-state index < -0.39 is 11.5 Å². The van der Waals surface area contributed by atoms with E-state index >= 15 is 0 Å². The molecule has 1 unspecified atom stereocenters. The number of hydrogen-bond acceptors (Lipinski definition) is 5. The first-order chi connectivity index (χ1) is 15.0. The molecule has 1 aromatic heterocycles. The van der Waals surface area contributed by atoms with Crippen molar-refractivity contribution < 1.29 is 9.53 Å². The number of morpholine rings is 1. The predicted octanol–water partition coefficient (Wildman–Crippen LogP) is 2.96. The van der Waals surface area contributed by atoms with Gasteiger partial charge in [-0.15, -0.1) is 0 Å². The van der Waals surface area contributed by atoms with E-state index in [9.17, 15) is 9.59 Å². The van der Waals surface area contributed by atoms with Crippen LogP contribution >= 0.6 is 11.6 Å². The second-order valence-corrected chi connectivity index (χ2v) is 7.68. The largest absolute Gasteiger partial charge is 0.379 e. The number of carbonyl (C=O) groups is 1. The van der Waals surface area contributed by atoms with Crippen LogP contribution in [-0.2, 0) is 4.74 Å². The Morgan fingerprint density at radius 1 is 1.10 bits per heavy atom. The van der Waals surface area contributed by atoms with Crippen LogP contribution in [0.5, 0.6) is 0 Å². The van der Waals surface area contributed by atoms with Crippen molar-refractivity contribution in [3.63, 3.8) is 0 Å². The summed E-state index contributed by atoms with van der Waals surface area (Å²) in [5.74, 6) is -0.454. The Hall–Kier alpha value is -3.00. The molecule has 1 aliphatic heterocycles. The van der Waals surface area contributed by atoms with Gasteiger partial charge in [-0.25, -0.2) is 0 Å². The Morgan fingerprint density at radius 3 is 2.48 bits per heavy atom. The summed E-state index contributed by atoms with van der Waals surface area (Å²) in [6, 6.07) is 17.9. The average Bonchev–Trinajstić information content (AvgIpc) is 2.81. The smallest absolute Gasteiger partial charge is 0.284 e. The molecule has 3 aromatic rings. The maximum atomic E-state index is 13.3. The van der Waals surface area contributed by atoms with Crippen LogP contribution in [0.2, 0.25) is 5.02 Å². The van der Waals surface area contributed by atoms with Gasteiger partial charge >= 0.3 is 0 Å². The van der Waals surface area contributed by atoms with Crippen molar-refractivity contribution in [2.24, 2.45) is 0 Å². The molecule has 0 radical (unpaired) electrons. The molecule has 1 fully saturated rings. The third-order valence-corrected chi connectivity index (χ3v) is 5.56. The molecule has 8 heteroatoms. The van der Waals surface area contributed by atoms with E-state index in [1.165, 1.54) is 10.7 Å². The third-order valence-electron chi connectivity index (χ3n) is 5.24. The first kappa shape index (κ1) is 21.2. The fourth-order valence-electron chi connectivity index (χ4n) is 3.52. The molecule has 1 aliphatic rings. The van der Waals surface area contributed by atoms with Gasteiger partial charge < -0.3 is 10.1 Å². The van der Waals surface area contributed by atoms with Gasteiger partial charge in [0.2, 0.25) is 0 Å². The van der Waals surface area contributed by atoms with Crippen molar-refractivity contribution in [2.45, 2.75) is 13.1 Å². The van der Waals surface area contributed by atoms with Crippen LogP contribution in [0.25, 0.3) is 16.9 Å². The van der Waals surface area contributed by atoms with Crippen molar-refractivity contribution in [2.75, 3.05) is 26.3 Å². The normalized spacial score (nSPS) is 15.4. The maximum Gasteiger partial charge on any atom is 0.284 e. The van der Waals surface area contributed by atoms with Gasteiger partial charge in [0, 0.05) is 18.7 Å². The van der Waals surface area contributed by atoms with Crippen LogP contribution < -0.4 is 10.9 Å². The summed E-state index contributed by atoms with van der Waals surface area (Å²) in [6.45, 7) is 4.57. The number of nitrogens with one attached hydrogen (secondary N) is 1. The van der Waals surface area contributed by atoms with Crippen LogP contribution in [0.4, 0.5) is 0 Å². The molecule has 1 atom stereocenters. The summed E-state index contributed by atoms with van der Waals surface area (Å²) in [7, 11) is 0. The van der Waals surface area contributed by atoms with Crippen LogP contribution in [-0.4, -0.2) is 53.1 Å². The summed E-state index contributed by atoms with van der Waals surface area (Å²) in [4.78, 5) is 28.5. The molecule has 2 heterocycles. The number of carbonyl (C=O) groups excluding carboxylic acids is 1. The molecule has 1 N–H and O–H groups in total. The van der Waals surface area contributed by atoms with E-state index in [0.29, 0.717) is 29.6 Å². The van der Waals surface area contributed by atoms with Crippen molar-refractivity contribution in [3.8, 4) is 16.9 Å². The second kappa shape index (κ2) is 9.43.